The first-order valence-electron chi connectivity index (χ1n) is 17.6. The van der Waals surface area contributed by atoms with Crippen molar-refractivity contribution in [3.05, 3.63) is 168 Å². The summed E-state index contributed by atoms with van der Waals surface area (Å²) in [7, 11) is 1.43. The van der Waals surface area contributed by atoms with E-state index < -0.39 is 41.7 Å². The fourth-order valence-electron chi connectivity index (χ4n) is 8.13. The number of nitrogens with one attached hydrogen (secondary N) is 1. The number of benzene rings is 5. The molecule has 7 heteroatoms. The summed E-state index contributed by atoms with van der Waals surface area (Å²) >= 11 is 0. The lowest BCUT2D eigenvalue weighted by atomic mass is 9.81. The number of carbonyl (C=O) groups is 2. The van der Waals surface area contributed by atoms with Gasteiger partial charge >= 0.3 is 11.9 Å². The van der Waals surface area contributed by atoms with Crippen molar-refractivity contribution in [1.29, 1.82) is 0 Å². The van der Waals surface area contributed by atoms with Crippen LogP contribution < -0.4 is 15.1 Å². The van der Waals surface area contributed by atoms with Gasteiger partial charge in [0.25, 0.3) is 0 Å². The summed E-state index contributed by atoms with van der Waals surface area (Å²) in [6, 6.07) is 49.8. The molecule has 1 N–H and O–H groups in total. The molecule has 0 aliphatic carbocycles. The Morgan fingerprint density at radius 2 is 0.961 bits per heavy atom. The Kier molecular flexibility index (Phi) is 9.65. The first kappa shape index (κ1) is 34.1. The largest absolute Gasteiger partial charge is 0.469 e. The van der Waals surface area contributed by atoms with Crippen molar-refractivity contribution in [2.75, 3.05) is 16.9 Å². The quantitative estimate of drug-likeness (QED) is 0.166. The van der Waals surface area contributed by atoms with Gasteiger partial charge in [0.2, 0.25) is 0 Å². The van der Waals surface area contributed by atoms with Crippen molar-refractivity contribution in [1.82, 2.24) is 5.32 Å². The van der Waals surface area contributed by atoms with Gasteiger partial charge in [-0.3, -0.25) is 14.9 Å². The highest BCUT2D eigenvalue weighted by molar-refractivity contribution is 5.83. The Balaban J connectivity index is 1.54. The first-order chi connectivity index (χ1) is 24.8. The van der Waals surface area contributed by atoms with E-state index in [1.165, 1.54) is 7.11 Å². The number of hydrogen-bond acceptors (Lipinski definition) is 7. The van der Waals surface area contributed by atoms with Crippen LogP contribution in [0.3, 0.4) is 0 Å². The van der Waals surface area contributed by atoms with Gasteiger partial charge in [-0.15, -0.1) is 0 Å². The average molecular weight is 680 g/mol. The predicted octanol–water partition coefficient (Wildman–Crippen LogP) is 8.28. The lowest BCUT2D eigenvalue weighted by Crippen LogP contribution is -2.54. The molecule has 0 spiro atoms. The zero-order chi connectivity index (χ0) is 35.5. The third-order valence-electron chi connectivity index (χ3n) is 10.0. The van der Waals surface area contributed by atoms with Gasteiger partial charge in [0.05, 0.1) is 25.1 Å². The molecule has 2 aliphatic rings. The van der Waals surface area contributed by atoms with Crippen LogP contribution >= 0.6 is 0 Å². The maximum Gasteiger partial charge on any atom is 0.324 e. The minimum Gasteiger partial charge on any atom is -0.469 e. The average Bonchev–Trinajstić information content (AvgIpc) is 3.73. The maximum absolute atomic E-state index is 14.6. The van der Waals surface area contributed by atoms with Crippen molar-refractivity contribution >= 4 is 23.3 Å². The van der Waals surface area contributed by atoms with Gasteiger partial charge in [-0.1, -0.05) is 127 Å². The van der Waals surface area contributed by atoms with Crippen LogP contribution in [-0.2, 0) is 19.1 Å². The van der Waals surface area contributed by atoms with Crippen LogP contribution in [0.2, 0.25) is 0 Å². The van der Waals surface area contributed by atoms with Crippen molar-refractivity contribution in [2.45, 2.75) is 56.7 Å². The summed E-state index contributed by atoms with van der Waals surface area (Å²) < 4.78 is 11.8. The summed E-state index contributed by atoms with van der Waals surface area (Å²) in [5, 5.41) is 3.65. The lowest BCUT2D eigenvalue weighted by molar-refractivity contribution is -0.159. The van der Waals surface area contributed by atoms with E-state index in [0.717, 1.165) is 28.1 Å². The maximum atomic E-state index is 14.6. The third kappa shape index (κ3) is 6.74. The van der Waals surface area contributed by atoms with Gasteiger partial charge < -0.3 is 19.3 Å². The molecule has 2 aliphatic heterocycles. The minimum absolute atomic E-state index is 0.213. The highest BCUT2D eigenvalue weighted by Gasteiger charge is 2.62. The Morgan fingerprint density at radius 1 is 0.569 bits per heavy atom. The lowest BCUT2D eigenvalue weighted by Gasteiger charge is -2.42. The van der Waals surface area contributed by atoms with Crippen LogP contribution in [0.1, 0.15) is 55.6 Å². The molecule has 0 amide bonds. The zero-order valence-corrected chi connectivity index (χ0v) is 29.5. The van der Waals surface area contributed by atoms with Gasteiger partial charge in [-0.25, -0.2) is 0 Å². The zero-order valence-electron chi connectivity index (χ0n) is 29.5. The van der Waals surface area contributed by atoms with Gasteiger partial charge in [0.1, 0.15) is 17.8 Å². The van der Waals surface area contributed by atoms with E-state index in [1.807, 2.05) is 99.6 Å². The van der Waals surface area contributed by atoms with Gasteiger partial charge in [-0.05, 0) is 61.7 Å². The van der Waals surface area contributed by atoms with E-state index in [2.05, 4.69) is 87.9 Å². The molecule has 51 heavy (non-hydrogen) atoms. The van der Waals surface area contributed by atoms with Crippen molar-refractivity contribution in [3.63, 3.8) is 0 Å². The number of anilines is 2. The van der Waals surface area contributed by atoms with Crippen LogP contribution in [0.4, 0.5) is 11.4 Å². The van der Waals surface area contributed by atoms with Gasteiger partial charge in [0.15, 0.2) is 0 Å². The molecule has 7 nitrogen and oxygen atoms in total. The second-order valence-electron chi connectivity index (χ2n) is 14.3. The summed E-state index contributed by atoms with van der Waals surface area (Å²) in [6.45, 7) is 5.63. The standard InChI is InChI=1S/C44H45N3O4/c1-44(2,3)51-43(49)38-35(36(42(48)50-4)37(45-38)30-20-10-5-11-21-30)41-46(33-26-16-8-17-27-33)39(31-22-12-6-13-23-31)40(32-24-14-7-15-25-32)47(41)34-28-18-9-19-29-34/h5-29,35-41,45H,1-4H3/t35-,36-,37-,38-,39-,40-/m1/s1. The molecule has 6 atom stereocenters. The number of rotatable bonds is 8. The molecule has 260 valence electrons. The first-order valence-corrected chi connectivity index (χ1v) is 17.6. The fraction of sp³-hybridized carbons (Fsp3) is 0.273. The van der Waals surface area contributed by atoms with Crippen molar-refractivity contribution < 1.29 is 19.1 Å². The smallest absolute Gasteiger partial charge is 0.324 e. The molecule has 2 fully saturated rings. The molecular formula is C44H45N3O4. The Labute approximate surface area is 300 Å². The molecule has 5 aromatic rings. The molecule has 0 radical (unpaired) electrons. The molecule has 5 aromatic carbocycles. The number of ether oxygens (including phenoxy) is 2. The van der Waals surface area contributed by atoms with Crippen LogP contribution in [0.5, 0.6) is 0 Å². The molecule has 0 bridgehead atoms. The molecule has 0 saturated carbocycles. The van der Waals surface area contributed by atoms with E-state index in [9.17, 15) is 9.59 Å². The normalized spacial score (nSPS) is 23.6. The topological polar surface area (TPSA) is 71.1 Å². The summed E-state index contributed by atoms with van der Waals surface area (Å²) in [6.07, 6.45) is -0.520. The predicted molar refractivity (Wildman–Crippen MR) is 201 cm³/mol. The minimum atomic E-state index is -0.855. The monoisotopic (exact) mass is 679 g/mol. The fourth-order valence-corrected chi connectivity index (χ4v) is 8.13. The number of para-hydroxylation sites is 2. The van der Waals surface area contributed by atoms with Gasteiger partial charge in [-0.2, -0.15) is 0 Å². The number of nitrogens with zero attached hydrogens (tertiary/aromatic N) is 2. The number of esters is 2. The van der Waals surface area contributed by atoms with Crippen LogP contribution in [0.25, 0.3) is 0 Å². The van der Waals surface area contributed by atoms with Crippen molar-refractivity contribution in [2.24, 2.45) is 11.8 Å². The van der Waals surface area contributed by atoms with Gasteiger partial charge in [0, 0.05) is 23.3 Å². The van der Waals surface area contributed by atoms with E-state index in [4.69, 9.17) is 9.47 Å². The highest BCUT2D eigenvalue weighted by Crippen LogP contribution is 2.56. The molecule has 2 heterocycles. The van der Waals surface area contributed by atoms with Crippen LogP contribution in [-0.4, -0.2) is 36.9 Å². The molecular weight excluding hydrogens is 635 g/mol. The summed E-state index contributed by atoms with van der Waals surface area (Å²) in [4.78, 5) is 33.8. The van der Waals surface area contributed by atoms with Crippen LogP contribution in [0, 0.1) is 11.8 Å². The van der Waals surface area contributed by atoms with E-state index >= 15 is 0 Å². The second kappa shape index (κ2) is 14.4. The van der Waals surface area contributed by atoms with E-state index in [1.54, 1.807) is 0 Å². The Bertz CT molecular complexity index is 1810. The summed E-state index contributed by atoms with van der Waals surface area (Å²) in [5.41, 5.74) is 4.34. The van der Waals surface area contributed by atoms with E-state index in [0.29, 0.717) is 0 Å². The van der Waals surface area contributed by atoms with Crippen LogP contribution in [0.15, 0.2) is 152 Å². The van der Waals surface area contributed by atoms with E-state index in [-0.39, 0.29) is 18.1 Å². The molecule has 7 rings (SSSR count). The number of methoxy groups -OCH3 is 1. The molecule has 0 aromatic heterocycles. The second-order valence-corrected chi connectivity index (χ2v) is 14.3. The number of carbonyl (C=O) groups excluding carboxylic acids is 2. The molecule has 2 saturated heterocycles. The number of hydrogen-bond donors (Lipinski definition) is 1. The SMILES string of the molecule is COC(=O)[C@@H]1[C@@H](C2N(c3ccccc3)[C@H](c3ccccc3)[C@@H](c3ccccc3)N2c2ccccc2)[C@H](C(=O)OC(C)(C)C)N[C@@H]1c1ccccc1. The Hall–Kier alpha value is -5.40. The highest BCUT2D eigenvalue weighted by atomic mass is 16.6. The third-order valence-corrected chi connectivity index (χ3v) is 10.0. The summed E-state index contributed by atoms with van der Waals surface area (Å²) in [5.74, 6) is -2.16. The van der Waals surface area contributed by atoms with Crippen molar-refractivity contribution in [3.8, 4) is 0 Å². The molecule has 0 unspecified atom stereocenters. The Morgan fingerprint density at radius 3 is 1.35 bits per heavy atom.